The van der Waals surface area contributed by atoms with Gasteiger partial charge in [0.15, 0.2) is 0 Å². The molecule has 0 saturated heterocycles. The molecule has 164 valence electrons. The first-order valence-corrected chi connectivity index (χ1v) is 11.7. The molecule has 3 aromatic rings. The third kappa shape index (κ3) is 4.52. The standard InChI is InChI=1S/C27H32ClNO2/c1-5-31-25(30)15-19-7-6-8-22-23-16-20(27(2,3)4)11-14-24(23)29(26(19)22)17-18-9-12-21(28)13-10-18/h9-14,16,19H,5-8,15,17H2,1-4H3. The molecule has 1 aliphatic carbocycles. The smallest absolute Gasteiger partial charge is 0.306 e. The van der Waals surface area contributed by atoms with Gasteiger partial charge in [-0.05, 0) is 72.6 Å². The molecule has 3 nitrogen and oxygen atoms in total. The lowest BCUT2D eigenvalue weighted by Crippen LogP contribution is -2.19. The van der Waals surface area contributed by atoms with E-state index in [1.54, 1.807) is 0 Å². The summed E-state index contributed by atoms with van der Waals surface area (Å²) in [6.07, 6.45) is 3.64. The topological polar surface area (TPSA) is 31.2 Å². The molecule has 2 aromatic carbocycles. The predicted octanol–water partition coefficient (Wildman–Crippen LogP) is 7.01. The number of ether oxygens (including phenoxy) is 1. The van der Waals surface area contributed by atoms with Crippen LogP contribution in [-0.2, 0) is 27.9 Å². The highest BCUT2D eigenvalue weighted by Gasteiger charge is 2.30. The maximum atomic E-state index is 12.4. The number of carbonyl (C=O) groups excluding carboxylic acids is 1. The third-order valence-corrected chi connectivity index (χ3v) is 6.67. The number of carbonyl (C=O) groups is 1. The minimum absolute atomic E-state index is 0.0956. The Hall–Kier alpha value is -2.26. The maximum Gasteiger partial charge on any atom is 0.306 e. The van der Waals surface area contributed by atoms with E-state index >= 15 is 0 Å². The van der Waals surface area contributed by atoms with Crippen LogP contribution in [0.15, 0.2) is 42.5 Å². The number of hydrogen-bond donors (Lipinski definition) is 0. The van der Waals surface area contributed by atoms with Gasteiger partial charge in [-0.2, -0.15) is 0 Å². The van der Waals surface area contributed by atoms with Crippen molar-refractivity contribution >= 4 is 28.5 Å². The number of fused-ring (bicyclic) bond motifs is 3. The average molecular weight is 438 g/mol. The molecular formula is C27H32ClNO2. The molecule has 1 unspecified atom stereocenters. The van der Waals surface area contributed by atoms with E-state index in [9.17, 15) is 4.79 Å². The van der Waals surface area contributed by atoms with Crippen LogP contribution in [-0.4, -0.2) is 17.1 Å². The first-order chi connectivity index (χ1) is 14.8. The van der Waals surface area contributed by atoms with Crippen LogP contribution in [0.5, 0.6) is 0 Å². The van der Waals surface area contributed by atoms with Crippen molar-refractivity contribution in [3.8, 4) is 0 Å². The zero-order chi connectivity index (χ0) is 22.2. The Labute approximate surface area is 190 Å². The van der Waals surface area contributed by atoms with Crippen LogP contribution in [0.3, 0.4) is 0 Å². The molecule has 4 rings (SSSR count). The van der Waals surface area contributed by atoms with Crippen LogP contribution in [0.4, 0.5) is 0 Å². The molecule has 0 spiro atoms. The first kappa shape index (κ1) is 22.0. The van der Waals surface area contributed by atoms with Crippen LogP contribution in [0, 0.1) is 0 Å². The second-order valence-corrected chi connectivity index (χ2v) is 10.1. The molecule has 1 heterocycles. The number of nitrogens with zero attached hydrogens (tertiary/aromatic N) is 1. The number of aryl methyl sites for hydroxylation is 1. The van der Waals surface area contributed by atoms with Crippen molar-refractivity contribution in [1.82, 2.24) is 4.57 Å². The van der Waals surface area contributed by atoms with E-state index in [1.165, 1.54) is 33.3 Å². The molecule has 0 radical (unpaired) electrons. The Morgan fingerprint density at radius 3 is 2.58 bits per heavy atom. The molecule has 4 heteroatoms. The fourth-order valence-electron chi connectivity index (χ4n) is 4.86. The minimum Gasteiger partial charge on any atom is -0.466 e. The predicted molar refractivity (Wildman–Crippen MR) is 128 cm³/mol. The normalized spacial score (nSPS) is 16.4. The summed E-state index contributed by atoms with van der Waals surface area (Å²) < 4.78 is 7.74. The van der Waals surface area contributed by atoms with Gasteiger partial charge >= 0.3 is 5.97 Å². The fraction of sp³-hybridized carbons (Fsp3) is 0.444. The van der Waals surface area contributed by atoms with Crippen molar-refractivity contribution in [2.75, 3.05) is 6.61 Å². The summed E-state index contributed by atoms with van der Waals surface area (Å²) in [4.78, 5) is 12.4. The van der Waals surface area contributed by atoms with Crippen molar-refractivity contribution in [2.24, 2.45) is 0 Å². The van der Waals surface area contributed by atoms with Crippen molar-refractivity contribution in [3.05, 3.63) is 69.9 Å². The van der Waals surface area contributed by atoms with E-state index in [2.05, 4.69) is 55.7 Å². The van der Waals surface area contributed by atoms with E-state index in [4.69, 9.17) is 16.3 Å². The molecule has 0 aliphatic heterocycles. The van der Waals surface area contributed by atoms with Crippen LogP contribution in [0.1, 0.15) is 75.3 Å². The summed E-state index contributed by atoms with van der Waals surface area (Å²) in [7, 11) is 0. The summed E-state index contributed by atoms with van der Waals surface area (Å²) in [6, 6.07) is 15.0. The van der Waals surface area contributed by atoms with Crippen molar-refractivity contribution < 1.29 is 9.53 Å². The van der Waals surface area contributed by atoms with Gasteiger partial charge < -0.3 is 9.30 Å². The molecule has 0 amide bonds. The van der Waals surface area contributed by atoms with Gasteiger partial charge in [-0.25, -0.2) is 0 Å². The molecule has 0 bridgehead atoms. The maximum absolute atomic E-state index is 12.4. The molecule has 0 saturated carbocycles. The SMILES string of the molecule is CCOC(=O)CC1CCCc2c1n(Cc1ccc(Cl)cc1)c1ccc(C(C)(C)C)cc21. The zero-order valence-electron chi connectivity index (χ0n) is 19.0. The Bertz CT molecular complexity index is 1090. The van der Waals surface area contributed by atoms with E-state index < -0.39 is 0 Å². The quantitative estimate of drug-likeness (QED) is 0.402. The van der Waals surface area contributed by atoms with Gasteiger partial charge in [-0.3, -0.25) is 4.79 Å². The van der Waals surface area contributed by atoms with E-state index in [0.29, 0.717) is 13.0 Å². The van der Waals surface area contributed by atoms with Crippen molar-refractivity contribution in [2.45, 2.75) is 71.3 Å². The van der Waals surface area contributed by atoms with Gasteiger partial charge in [-0.1, -0.05) is 50.6 Å². The van der Waals surface area contributed by atoms with E-state index in [0.717, 1.165) is 30.8 Å². The molecule has 1 atom stereocenters. The van der Waals surface area contributed by atoms with E-state index in [1.807, 2.05) is 19.1 Å². The van der Waals surface area contributed by atoms with Crippen LogP contribution >= 0.6 is 11.6 Å². The van der Waals surface area contributed by atoms with Crippen molar-refractivity contribution in [3.63, 3.8) is 0 Å². The summed E-state index contributed by atoms with van der Waals surface area (Å²) in [5, 5.41) is 2.09. The highest BCUT2D eigenvalue weighted by Crippen LogP contribution is 2.42. The van der Waals surface area contributed by atoms with Crippen LogP contribution in [0.25, 0.3) is 10.9 Å². The monoisotopic (exact) mass is 437 g/mol. The number of rotatable bonds is 5. The Morgan fingerprint density at radius 1 is 1.16 bits per heavy atom. The summed E-state index contributed by atoms with van der Waals surface area (Å²) in [6.45, 7) is 9.85. The molecular weight excluding hydrogens is 406 g/mol. The highest BCUT2D eigenvalue weighted by atomic mass is 35.5. The summed E-state index contributed by atoms with van der Waals surface area (Å²) in [5.41, 5.74) is 6.64. The summed E-state index contributed by atoms with van der Waals surface area (Å²) >= 11 is 6.12. The molecule has 0 fully saturated rings. The van der Waals surface area contributed by atoms with Gasteiger partial charge in [0.05, 0.1) is 13.0 Å². The summed E-state index contributed by atoms with van der Waals surface area (Å²) in [5.74, 6) is 0.0969. The second kappa shape index (κ2) is 8.70. The lowest BCUT2D eigenvalue weighted by molar-refractivity contribution is -0.143. The third-order valence-electron chi connectivity index (χ3n) is 6.42. The number of benzene rings is 2. The Kier molecular flexibility index (Phi) is 6.16. The minimum atomic E-state index is -0.0981. The number of hydrogen-bond acceptors (Lipinski definition) is 2. The van der Waals surface area contributed by atoms with Crippen LogP contribution < -0.4 is 0 Å². The molecule has 1 aromatic heterocycles. The Morgan fingerprint density at radius 2 is 1.90 bits per heavy atom. The first-order valence-electron chi connectivity index (χ1n) is 11.3. The Balaban J connectivity index is 1.86. The van der Waals surface area contributed by atoms with Gasteiger partial charge in [0.2, 0.25) is 0 Å². The average Bonchev–Trinajstić information content (AvgIpc) is 3.03. The highest BCUT2D eigenvalue weighted by molar-refractivity contribution is 6.30. The fourth-order valence-corrected chi connectivity index (χ4v) is 4.99. The van der Waals surface area contributed by atoms with Gasteiger partial charge in [-0.15, -0.1) is 0 Å². The largest absolute Gasteiger partial charge is 0.466 e. The lowest BCUT2D eigenvalue weighted by Gasteiger charge is -2.25. The molecule has 1 aliphatic rings. The zero-order valence-corrected chi connectivity index (χ0v) is 19.8. The van der Waals surface area contributed by atoms with Gasteiger partial charge in [0.25, 0.3) is 0 Å². The van der Waals surface area contributed by atoms with E-state index in [-0.39, 0.29) is 17.3 Å². The molecule has 0 N–H and O–H groups in total. The number of aromatic nitrogens is 1. The van der Waals surface area contributed by atoms with Crippen LogP contribution in [0.2, 0.25) is 5.02 Å². The lowest BCUT2D eigenvalue weighted by atomic mass is 9.83. The van der Waals surface area contributed by atoms with Gasteiger partial charge in [0.1, 0.15) is 0 Å². The van der Waals surface area contributed by atoms with Gasteiger partial charge in [0, 0.05) is 34.1 Å². The molecule has 31 heavy (non-hydrogen) atoms. The number of halogens is 1. The number of esters is 1. The second-order valence-electron chi connectivity index (χ2n) is 9.66. The van der Waals surface area contributed by atoms with Crippen molar-refractivity contribution in [1.29, 1.82) is 0 Å².